The first-order valence-electron chi connectivity index (χ1n) is 11.8. The minimum Gasteiger partial charge on any atom is -0.325 e. The number of rotatable bonds is 7. The third-order valence-corrected chi connectivity index (χ3v) is 6.55. The lowest BCUT2D eigenvalue weighted by molar-refractivity contribution is -0.117. The number of amides is 1. The number of aryl methyl sites for hydroxylation is 2. The third-order valence-electron chi connectivity index (χ3n) is 6.55. The van der Waals surface area contributed by atoms with E-state index in [1.807, 2.05) is 62.4 Å². The van der Waals surface area contributed by atoms with E-state index in [9.17, 15) is 9.59 Å². The van der Waals surface area contributed by atoms with Crippen molar-refractivity contribution in [3.8, 4) is 0 Å². The Balaban J connectivity index is 1.36. The highest BCUT2D eigenvalue weighted by Crippen LogP contribution is 2.26. The molecule has 1 amide bonds. The van der Waals surface area contributed by atoms with Crippen LogP contribution >= 0.6 is 0 Å². The van der Waals surface area contributed by atoms with Crippen LogP contribution in [0.2, 0.25) is 0 Å². The van der Waals surface area contributed by atoms with Gasteiger partial charge in [-0.25, -0.2) is 9.48 Å². The number of carbonyl (C=O) groups excluding carboxylic acids is 1. The summed E-state index contributed by atoms with van der Waals surface area (Å²) in [7, 11) is 0. The van der Waals surface area contributed by atoms with Gasteiger partial charge in [0, 0.05) is 18.2 Å². The molecule has 0 unspecified atom stereocenters. The number of piperidine rings is 1. The van der Waals surface area contributed by atoms with Crippen LogP contribution in [-0.2, 0) is 17.9 Å². The number of nitrogens with zero attached hydrogens (tertiary/aromatic N) is 4. The van der Waals surface area contributed by atoms with Crippen LogP contribution in [0.15, 0.2) is 53.3 Å². The number of nitrogens with one attached hydrogen (secondary N) is 1. The lowest BCUT2D eigenvalue weighted by atomic mass is 9.96. The van der Waals surface area contributed by atoms with E-state index < -0.39 is 0 Å². The fraction of sp³-hybridized carbons (Fsp3) is 0.423. The Morgan fingerprint density at radius 2 is 1.79 bits per heavy atom. The summed E-state index contributed by atoms with van der Waals surface area (Å²) in [5, 5.41) is 7.74. The van der Waals surface area contributed by atoms with Crippen molar-refractivity contribution in [3.63, 3.8) is 0 Å². The molecular weight excluding hydrogens is 414 g/mol. The second-order valence-corrected chi connectivity index (χ2v) is 8.93. The first-order chi connectivity index (χ1) is 15.9. The standard InChI is InChI=1S/C26H33N5O2/c1-4-30-25(28-31(26(30)33)17-21-8-6-5-7-9-21)22-12-14-29(15-13-22)18-24(32)27-23-11-10-19(2)20(3)16-23/h5-11,16,22H,4,12-15,17-18H2,1-3H3,(H,27,32). The molecule has 2 heterocycles. The lowest BCUT2D eigenvalue weighted by Gasteiger charge is -2.31. The van der Waals surface area contributed by atoms with Crippen LogP contribution in [0.1, 0.15) is 48.2 Å². The number of carbonyl (C=O) groups is 1. The number of hydrogen-bond donors (Lipinski definition) is 1. The fourth-order valence-corrected chi connectivity index (χ4v) is 4.49. The second-order valence-electron chi connectivity index (χ2n) is 8.93. The maximum absolute atomic E-state index is 12.9. The molecule has 0 spiro atoms. The van der Waals surface area contributed by atoms with Crippen LogP contribution in [0.3, 0.4) is 0 Å². The number of likely N-dealkylation sites (tertiary alicyclic amines) is 1. The first-order valence-corrected chi connectivity index (χ1v) is 11.8. The molecule has 1 saturated heterocycles. The first kappa shape index (κ1) is 23.0. The Hall–Kier alpha value is -3.19. The highest BCUT2D eigenvalue weighted by Gasteiger charge is 2.27. The molecule has 0 saturated carbocycles. The van der Waals surface area contributed by atoms with Gasteiger partial charge in [-0.05, 0) is 75.5 Å². The van der Waals surface area contributed by atoms with Crippen molar-refractivity contribution in [3.05, 3.63) is 81.5 Å². The number of anilines is 1. The molecule has 33 heavy (non-hydrogen) atoms. The molecular formula is C26H33N5O2. The summed E-state index contributed by atoms with van der Waals surface area (Å²) < 4.78 is 3.38. The van der Waals surface area contributed by atoms with Crippen molar-refractivity contribution in [2.45, 2.75) is 52.6 Å². The van der Waals surface area contributed by atoms with Crippen LogP contribution in [0, 0.1) is 13.8 Å². The molecule has 7 heteroatoms. The predicted octanol–water partition coefficient (Wildman–Crippen LogP) is 3.55. The van der Waals surface area contributed by atoms with Crippen molar-refractivity contribution in [1.29, 1.82) is 0 Å². The maximum atomic E-state index is 12.9. The normalized spacial score (nSPS) is 15.0. The highest BCUT2D eigenvalue weighted by molar-refractivity contribution is 5.92. The van der Waals surface area contributed by atoms with Gasteiger partial charge >= 0.3 is 5.69 Å². The Labute approximate surface area is 195 Å². The number of aromatic nitrogens is 3. The summed E-state index contributed by atoms with van der Waals surface area (Å²) in [6.07, 6.45) is 1.78. The molecule has 1 aromatic heterocycles. The van der Waals surface area contributed by atoms with Gasteiger partial charge in [0.05, 0.1) is 13.1 Å². The molecule has 1 N–H and O–H groups in total. The van der Waals surface area contributed by atoms with Crippen LogP contribution < -0.4 is 11.0 Å². The zero-order chi connectivity index (χ0) is 23.4. The van der Waals surface area contributed by atoms with Gasteiger partial charge in [0.15, 0.2) is 0 Å². The molecule has 7 nitrogen and oxygen atoms in total. The Morgan fingerprint density at radius 1 is 1.06 bits per heavy atom. The van der Waals surface area contributed by atoms with E-state index in [1.165, 1.54) is 11.1 Å². The molecule has 174 valence electrons. The van der Waals surface area contributed by atoms with Gasteiger partial charge in [-0.2, -0.15) is 5.10 Å². The Kier molecular flexibility index (Phi) is 7.08. The summed E-state index contributed by atoms with van der Waals surface area (Å²) in [6.45, 7) is 9.21. The monoisotopic (exact) mass is 447 g/mol. The third kappa shape index (κ3) is 5.42. The van der Waals surface area contributed by atoms with Crippen molar-refractivity contribution in [2.24, 2.45) is 0 Å². The van der Waals surface area contributed by atoms with Crippen molar-refractivity contribution in [2.75, 3.05) is 25.0 Å². The van der Waals surface area contributed by atoms with E-state index in [2.05, 4.69) is 17.1 Å². The van der Waals surface area contributed by atoms with E-state index in [0.717, 1.165) is 43.0 Å². The van der Waals surface area contributed by atoms with E-state index in [-0.39, 0.29) is 17.5 Å². The largest absolute Gasteiger partial charge is 0.346 e. The second kappa shape index (κ2) is 10.2. The molecule has 1 aliphatic heterocycles. The van der Waals surface area contributed by atoms with Crippen LogP contribution in [-0.4, -0.2) is 44.8 Å². The summed E-state index contributed by atoms with van der Waals surface area (Å²) in [6, 6.07) is 15.9. The van der Waals surface area contributed by atoms with E-state index in [1.54, 1.807) is 9.25 Å². The van der Waals surface area contributed by atoms with E-state index in [0.29, 0.717) is 19.6 Å². The Morgan fingerprint density at radius 3 is 2.45 bits per heavy atom. The lowest BCUT2D eigenvalue weighted by Crippen LogP contribution is -2.39. The quantitative estimate of drug-likeness (QED) is 0.601. The van der Waals surface area contributed by atoms with Gasteiger partial charge in [0.2, 0.25) is 5.91 Å². The smallest absolute Gasteiger partial charge is 0.325 e. The SMILES string of the molecule is CCn1c(C2CCN(CC(=O)Nc3ccc(C)c(C)c3)CC2)nn(Cc2ccccc2)c1=O. The minimum atomic E-state index is -0.0495. The maximum Gasteiger partial charge on any atom is 0.346 e. The van der Waals surface area contributed by atoms with E-state index >= 15 is 0 Å². The van der Waals surface area contributed by atoms with E-state index in [4.69, 9.17) is 5.10 Å². The topological polar surface area (TPSA) is 72.2 Å². The van der Waals surface area contributed by atoms with Crippen molar-refractivity contribution < 1.29 is 4.79 Å². The van der Waals surface area contributed by atoms with Gasteiger partial charge in [-0.15, -0.1) is 0 Å². The molecule has 4 rings (SSSR count). The predicted molar refractivity (Wildman–Crippen MR) is 131 cm³/mol. The molecule has 0 atom stereocenters. The number of hydrogen-bond acceptors (Lipinski definition) is 4. The molecule has 1 fully saturated rings. The van der Waals surface area contributed by atoms with Gasteiger partial charge in [0.1, 0.15) is 5.82 Å². The van der Waals surface area contributed by atoms with Gasteiger partial charge in [-0.3, -0.25) is 14.3 Å². The highest BCUT2D eigenvalue weighted by atomic mass is 16.2. The van der Waals surface area contributed by atoms with Gasteiger partial charge < -0.3 is 5.32 Å². The zero-order valence-corrected chi connectivity index (χ0v) is 19.8. The summed E-state index contributed by atoms with van der Waals surface area (Å²) in [5.41, 5.74) is 4.24. The Bertz CT molecular complexity index is 1160. The summed E-state index contributed by atoms with van der Waals surface area (Å²) >= 11 is 0. The molecule has 0 aliphatic carbocycles. The van der Waals surface area contributed by atoms with Crippen LogP contribution in [0.4, 0.5) is 5.69 Å². The van der Waals surface area contributed by atoms with Crippen LogP contribution in [0.5, 0.6) is 0 Å². The average Bonchev–Trinajstić information content (AvgIpc) is 3.12. The fourth-order valence-electron chi connectivity index (χ4n) is 4.49. The molecule has 1 aliphatic rings. The van der Waals surface area contributed by atoms with Crippen molar-refractivity contribution in [1.82, 2.24) is 19.2 Å². The molecule has 0 bridgehead atoms. The minimum absolute atomic E-state index is 0.00862. The van der Waals surface area contributed by atoms with Crippen LogP contribution in [0.25, 0.3) is 0 Å². The average molecular weight is 448 g/mol. The zero-order valence-electron chi connectivity index (χ0n) is 19.8. The molecule has 0 radical (unpaired) electrons. The number of benzene rings is 2. The summed E-state index contributed by atoms with van der Waals surface area (Å²) in [5.74, 6) is 1.11. The molecule has 3 aromatic rings. The molecule has 2 aromatic carbocycles. The summed E-state index contributed by atoms with van der Waals surface area (Å²) in [4.78, 5) is 27.6. The van der Waals surface area contributed by atoms with Gasteiger partial charge in [0.25, 0.3) is 0 Å². The van der Waals surface area contributed by atoms with Gasteiger partial charge in [-0.1, -0.05) is 36.4 Å². The van der Waals surface area contributed by atoms with Crippen molar-refractivity contribution >= 4 is 11.6 Å².